The summed E-state index contributed by atoms with van der Waals surface area (Å²) in [7, 11) is 4.27. The molecule has 0 aromatic carbocycles. The highest BCUT2D eigenvalue weighted by molar-refractivity contribution is 5.89. The summed E-state index contributed by atoms with van der Waals surface area (Å²) in [6.07, 6.45) is 6.19. The van der Waals surface area contributed by atoms with Crippen LogP contribution in [0, 0.1) is 12.8 Å². The highest BCUT2D eigenvalue weighted by atomic mass is 15.1. The van der Waals surface area contributed by atoms with Gasteiger partial charge in [0.2, 0.25) is 0 Å². The first kappa shape index (κ1) is 12.4. The lowest BCUT2D eigenvalue weighted by Gasteiger charge is -2.38. The Morgan fingerprint density at radius 3 is 2.79 bits per heavy atom. The quantitative estimate of drug-likeness (QED) is 0.913. The summed E-state index contributed by atoms with van der Waals surface area (Å²) in [5.74, 6) is 1.39. The SMILES string of the molecule is Cc1cn(C2CC(CN(C)C)C2)c2ncnc(N)c12. The lowest BCUT2D eigenvalue weighted by atomic mass is 9.80. The normalized spacial score (nSPS) is 22.9. The minimum Gasteiger partial charge on any atom is -0.383 e. The summed E-state index contributed by atoms with van der Waals surface area (Å²) in [6, 6.07) is 0.565. The van der Waals surface area contributed by atoms with Gasteiger partial charge in [0.15, 0.2) is 0 Å². The fraction of sp³-hybridized carbons (Fsp3) is 0.571. The summed E-state index contributed by atoms with van der Waals surface area (Å²) >= 11 is 0. The highest BCUT2D eigenvalue weighted by Crippen LogP contribution is 2.40. The predicted molar refractivity (Wildman–Crippen MR) is 77.0 cm³/mol. The smallest absolute Gasteiger partial charge is 0.145 e. The van der Waals surface area contributed by atoms with Crippen LogP contribution in [0.2, 0.25) is 0 Å². The van der Waals surface area contributed by atoms with E-state index in [9.17, 15) is 0 Å². The first-order chi connectivity index (χ1) is 9.06. The first-order valence-corrected chi connectivity index (χ1v) is 6.78. The van der Waals surface area contributed by atoms with Gasteiger partial charge in [0.05, 0.1) is 5.39 Å². The van der Waals surface area contributed by atoms with Gasteiger partial charge in [-0.1, -0.05) is 0 Å². The Labute approximate surface area is 113 Å². The van der Waals surface area contributed by atoms with Crippen LogP contribution in [0.5, 0.6) is 0 Å². The van der Waals surface area contributed by atoms with Crippen LogP contribution in [0.15, 0.2) is 12.5 Å². The molecule has 0 bridgehead atoms. The molecule has 0 atom stereocenters. The molecule has 0 aliphatic heterocycles. The first-order valence-electron chi connectivity index (χ1n) is 6.78. The Hall–Kier alpha value is -1.62. The van der Waals surface area contributed by atoms with Crippen molar-refractivity contribution in [2.24, 2.45) is 5.92 Å². The second-order valence-electron chi connectivity index (χ2n) is 5.93. The van der Waals surface area contributed by atoms with Crippen molar-refractivity contribution < 1.29 is 0 Å². The molecule has 0 saturated heterocycles. The van der Waals surface area contributed by atoms with Gasteiger partial charge in [-0.2, -0.15) is 0 Å². The van der Waals surface area contributed by atoms with E-state index in [0.29, 0.717) is 11.9 Å². The molecule has 1 aliphatic rings. The van der Waals surface area contributed by atoms with E-state index in [2.05, 4.69) is 46.7 Å². The molecule has 3 rings (SSSR count). The Morgan fingerprint density at radius 2 is 2.11 bits per heavy atom. The predicted octanol–water partition coefficient (Wildman–Crippen LogP) is 1.83. The molecule has 1 saturated carbocycles. The molecule has 5 nitrogen and oxygen atoms in total. The van der Waals surface area contributed by atoms with Gasteiger partial charge in [0.1, 0.15) is 17.8 Å². The molecule has 5 heteroatoms. The topological polar surface area (TPSA) is 60.0 Å². The van der Waals surface area contributed by atoms with E-state index in [1.807, 2.05) is 0 Å². The fourth-order valence-electron chi connectivity index (χ4n) is 3.17. The van der Waals surface area contributed by atoms with Crippen molar-refractivity contribution in [1.29, 1.82) is 0 Å². The van der Waals surface area contributed by atoms with Gasteiger partial charge in [-0.25, -0.2) is 9.97 Å². The van der Waals surface area contributed by atoms with Crippen molar-refractivity contribution >= 4 is 16.9 Å². The Morgan fingerprint density at radius 1 is 1.37 bits per heavy atom. The van der Waals surface area contributed by atoms with Crippen LogP contribution < -0.4 is 5.73 Å². The number of rotatable bonds is 3. The Bertz CT molecular complexity index is 595. The monoisotopic (exact) mass is 259 g/mol. The largest absolute Gasteiger partial charge is 0.383 e. The number of nitrogen functional groups attached to an aromatic ring is 1. The molecule has 19 heavy (non-hydrogen) atoms. The molecule has 2 N–H and O–H groups in total. The van der Waals surface area contributed by atoms with Crippen LogP contribution in [-0.2, 0) is 0 Å². The van der Waals surface area contributed by atoms with E-state index >= 15 is 0 Å². The summed E-state index contributed by atoms with van der Waals surface area (Å²) in [5, 5.41) is 1.01. The zero-order valence-electron chi connectivity index (χ0n) is 11.8. The number of hydrogen-bond acceptors (Lipinski definition) is 4. The van der Waals surface area contributed by atoms with Gasteiger partial charge >= 0.3 is 0 Å². The van der Waals surface area contributed by atoms with E-state index in [-0.39, 0.29) is 0 Å². The molecular formula is C14H21N5. The third-order valence-corrected chi connectivity index (χ3v) is 4.06. The molecular weight excluding hydrogens is 238 g/mol. The molecule has 2 aromatic rings. The summed E-state index contributed by atoms with van der Waals surface area (Å²) in [6.45, 7) is 3.25. The van der Waals surface area contributed by atoms with Gasteiger partial charge in [-0.3, -0.25) is 0 Å². The van der Waals surface area contributed by atoms with Crippen molar-refractivity contribution in [2.75, 3.05) is 26.4 Å². The van der Waals surface area contributed by atoms with Crippen molar-refractivity contribution in [2.45, 2.75) is 25.8 Å². The third-order valence-electron chi connectivity index (χ3n) is 4.06. The number of nitrogens with two attached hydrogens (primary N) is 1. The second kappa shape index (κ2) is 4.49. The summed E-state index contributed by atoms with van der Waals surface area (Å²) in [5.41, 5.74) is 8.11. The minimum absolute atomic E-state index is 0.565. The number of hydrogen-bond donors (Lipinski definition) is 1. The summed E-state index contributed by atoms with van der Waals surface area (Å²) < 4.78 is 2.29. The molecule has 0 radical (unpaired) electrons. The zero-order chi connectivity index (χ0) is 13.6. The van der Waals surface area contributed by atoms with Crippen LogP contribution in [0.25, 0.3) is 11.0 Å². The minimum atomic E-state index is 0.565. The number of anilines is 1. The maximum Gasteiger partial charge on any atom is 0.145 e. The average molecular weight is 259 g/mol. The van der Waals surface area contributed by atoms with E-state index in [1.165, 1.54) is 24.9 Å². The van der Waals surface area contributed by atoms with Crippen LogP contribution in [0.3, 0.4) is 0 Å². The molecule has 2 heterocycles. The lowest BCUT2D eigenvalue weighted by molar-refractivity contribution is 0.159. The van der Waals surface area contributed by atoms with E-state index in [4.69, 9.17) is 5.73 Å². The summed E-state index contributed by atoms with van der Waals surface area (Å²) in [4.78, 5) is 10.8. The standard InChI is InChI=1S/C14H21N5/c1-9-6-19(11-4-10(5-11)7-18(2)3)14-12(9)13(15)16-8-17-14/h6,8,10-11H,4-5,7H2,1-3H3,(H2,15,16,17). The maximum atomic E-state index is 5.95. The van der Waals surface area contributed by atoms with Gasteiger partial charge in [-0.05, 0) is 45.3 Å². The third kappa shape index (κ3) is 2.08. The van der Waals surface area contributed by atoms with Crippen LogP contribution in [-0.4, -0.2) is 40.1 Å². The van der Waals surface area contributed by atoms with Crippen LogP contribution >= 0.6 is 0 Å². The van der Waals surface area contributed by atoms with Crippen molar-refractivity contribution in [3.05, 3.63) is 18.1 Å². The van der Waals surface area contributed by atoms with E-state index in [0.717, 1.165) is 17.0 Å². The Kier molecular flexibility index (Phi) is 2.93. The second-order valence-corrected chi connectivity index (χ2v) is 5.93. The van der Waals surface area contributed by atoms with Gasteiger partial charge in [0, 0.05) is 18.8 Å². The van der Waals surface area contributed by atoms with Gasteiger partial charge in [-0.15, -0.1) is 0 Å². The van der Waals surface area contributed by atoms with E-state index in [1.54, 1.807) is 6.33 Å². The number of fused-ring (bicyclic) bond motifs is 1. The number of nitrogens with zero attached hydrogens (tertiary/aromatic N) is 4. The highest BCUT2D eigenvalue weighted by Gasteiger charge is 2.32. The fourth-order valence-corrected chi connectivity index (χ4v) is 3.17. The van der Waals surface area contributed by atoms with Crippen molar-refractivity contribution in [3.8, 4) is 0 Å². The number of aryl methyl sites for hydroxylation is 1. The zero-order valence-corrected chi connectivity index (χ0v) is 11.8. The maximum absolute atomic E-state index is 5.95. The van der Waals surface area contributed by atoms with Crippen molar-refractivity contribution in [1.82, 2.24) is 19.4 Å². The van der Waals surface area contributed by atoms with E-state index < -0.39 is 0 Å². The molecule has 0 unspecified atom stereocenters. The molecule has 1 aliphatic carbocycles. The molecule has 0 amide bonds. The molecule has 0 spiro atoms. The van der Waals surface area contributed by atoms with Crippen molar-refractivity contribution in [3.63, 3.8) is 0 Å². The van der Waals surface area contributed by atoms with Gasteiger partial charge in [0.25, 0.3) is 0 Å². The molecule has 102 valence electrons. The Balaban J connectivity index is 1.86. The lowest BCUT2D eigenvalue weighted by Crippen LogP contribution is -2.33. The van der Waals surface area contributed by atoms with Crippen LogP contribution in [0.1, 0.15) is 24.4 Å². The molecule has 2 aromatic heterocycles. The van der Waals surface area contributed by atoms with Crippen LogP contribution in [0.4, 0.5) is 5.82 Å². The molecule has 1 fully saturated rings. The number of aromatic nitrogens is 3. The van der Waals surface area contributed by atoms with Gasteiger partial charge < -0.3 is 15.2 Å². The average Bonchev–Trinajstić information content (AvgIpc) is 2.62.